The van der Waals surface area contributed by atoms with Crippen LogP contribution in [0.2, 0.25) is 5.02 Å². The SMILES string of the molecule is CCCc1cc(Nc2cccc(Cl)c2)n2nc(C)c(-c3ccccc3)c2n1. The number of hydrogen-bond donors (Lipinski definition) is 1. The lowest BCUT2D eigenvalue weighted by molar-refractivity contribution is 0.858. The van der Waals surface area contributed by atoms with E-state index in [1.807, 2.05) is 53.9 Å². The van der Waals surface area contributed by atoms with E-state index in [1.54, 1.807) is 0 Å². The number of halogens is 1. The average molecular weight is 377 g/mol. The van der Waals surface area contributed by atoms with Crippen molar-refractivity contribution in [3.05, 3.63) is 77.1 Å². The van der Waals surface area contributed by atoms with E-state index >= 15 is 0 Å². The van der Waals surface area contributed by atoms with E-state index in [9.17, 15) is 0 Å². The minimum Gasteiger partial charge on any atom is -0.340 e. The van der Waals surface area contributed by atoms with Crippen LogP contribution in [0.25, 0.3) is 16.8 Å². The Morgan fingerprint density at radius 3 is 2.59 bits per heavy atom. The van der Waals surface area contributed by atoms with Crippen molar-refractivity contribution >= 4 is 28.8 Å². The van der Waals surface area contributed by atoms with Crippen LogP contribution in [0.4, 0.5) is 11.5 Å². The third kappa shape index (κ3) is 3.53. The van der Waals surface area contributed by atoms with Gasteiger partial charge in [-0.25, -0.2) is 4.98 Å². The molecule has 0 spiro atoms. The molecule has 4 aromatic rings. The maximum absolute atomic E-state index is 6.14. The molecule has 0 amide bonds. The van der Waals surface area contributed by atoms with Gasteiger partial charge in [0.2, 0.25) is 0 Å². The van der Waals surface area contributed by atoms with Crippen LogP contribution in [-0.2, 0) is 6.42 Å². The van der Waals surface area contributed by atoms with Crippen molar-refractivity contribution < 1.29 is 0 Å². The summed E-state index contributed by atoms with van der Waals surface area (Å²) in [5, 5.41) is 8.92. The predicted molar refractivity (Wildman–Crippen MR) is 112 cm³/mol. The monoisotopic (exact) mass is 376 g/mol. The largest absolute Gasteiger partial charge is 0.340 e. The Balaban J connectivity index is 1.90. The maximum Gasteiger partial charge on any atom is 0.165 e. The highest BCUT2D eigenvalue weighted by atomic mass is 35.5. The van der Waals surface area contributed by atoms with Gasteiger partial charge in [0.25, 0.3) is 0 Å². The van der Waals surface area contributed by atoms with Crippen molar-refractivity contribution in [3.63, 3.8) is 0 Å². The minimum atomic E-state index is 0.695. The molecule has 2 aromatic heterocycles. The number of rotatable bonds is 5. The summed E-state index contributed by atoms with van der Waals surface area (Å²) in [6.07, 6.45) is 1.95. The van der Waals surface area contributed by atoms with Gasteiger partial charge in [-0.3, -0.25) is 0 Å². The van der Waals surface area contributed by atoms with Crippen LogP contribution in [0.15, 0.2) is 60.7 Å². The van der Waals surface area contributed by atoms with Gasteiger partial charge in [-0.05, 0) is 37.1 Å². The Bertz CT molecular complexity index is 1090. The van der Waals surface area contributed by atoms with Crippen LogP contribution in [0.5, 0.6) is 0 Å². The molecule has 0 aliphatic carbocycles. The number of nitrogens with zero attached hydrogens (tertiary/aromatic N) is 3. The fourth-order valence-corrected chi connectivity index (χ4v) is 3.49. The van der Waals surface area contributed by atoms with E-state index in [0.29, 0.717) is 5.02 Å². The summed E-state index contributed by atoms with van der Waals surface area (Å²) >= 11 is 6.14. The van der Waals surface area contributed by atoms with Crippen LogP contribution in [-0.4, -0.2) is 14.6 Å². The van der Waals surface area contributed by atoms with E-state index in [-0.39, 0.29) is 0 Å². The number of nitrogens with one attached hydrogen (secondary N) is 1. The zero-order valence-corrected chi connectivity index (χ0v) is 16.2. The van der Waals surface area contributed by atoms with Crippen LogP contribution in [0, 0.1) is 6.92 Å². The molecule has 1 N–H and O–H groups in total. The lowest BCUT2D eigenvalue weighted by atomic mass is 10.1. The third-order valence-electron chi connectivity index (χ3n) is 4.48. The molecule has 4 nitrogen and oxygen atoms in total. The molecule has 136 valence electrons. The van der Waals surface area contributed by atoms with Gasteiger partial charge in [-0.2, -0.15) is 9.61 Å². The van der Waals surface area contributed by atoms with E-state index in [4.69, 9.17) is 21.7 Å². The highest BCUT2D eigenvalue weighted by Gasteiger charge is 2.16. The number of aryl methyl sites for hydroxylation is 2. The molecule has 0 radical (unpaired) electrons. The number of fused-ring (bicyclic) bond motifs is 1. The standard InChI is InChI=1S/C22H21ClN4/c1-3-8-18-14-20(24-19-12-7-11-17(23)13-19)27-22(25-18)21(15(2)26-27)16-9-5-4-6-10-16/h4-7,9-14,24H,3,8H2,1-2H3. The van der Waals surface area contributed by atoms with E-state index in [1.165, 1.54) is 0 Å². The number of benzene rings is 2. The Morgan fingerprint density at radius 2 is 1.85 bits per heavy atom. The first-order chi connectivity index (χ1) is 13.2. The van der Waals surface area contributed by atoms with Gasteiger partial charge < -0.3 is 5.32 Å². The molecule has 0 unspecified atom stereocenters. The Labute approximate surface area is 163 Å². The summed E-state index contributed by atoms with van der Waals surface area (Å²) in [5.41, 5.74) is 5.99. The van der Waals surface area contributed by atoms with Crippen molar-refractivity contribution in [3.8, 4) is 11.1 Å². The Morgan fingerprint density at radius 1 is 1.04 bits per heavy atom. The molecule has 0 atom stereocenters. The first kappa shape index (κ1) is 17.6. The Kier molecular flexibility index (Phi) is 4.82. The second-order valence-corrected chi connectivity index (χ2v) is 7.02. The van der Waals surface area contributed by atoms with Gasteiger partial charge in [0.05, 0.1) is 5.69 Å². The molecule has 5 heteroatoms. The molecule has 27 heavy (non-hydrogen) atoms. The average Bonchev–Trinajstić information content (AvgIpc) is 2.99. The maximum atomic E-state index is 6.14. The van der Waals surface area contributed by atoms with Crippen molar-refractivity contribution in [1.29, 1.82) is 0 Å². The molecule has 0 fully saturated rings. The molecular weight excluding hydrogens is 356 g/mol. The van der Waals surface area contributed by atoms with Crippen molar-refractivity contribution in [2.24, 2.45) is 0 Å². The van der Waals surface area contributed by atoms with Gasteiger partial charge in [-0.15, -0.1) is 0 Å². The van der Waals surface area contributed by atoms with Gasteiger partial charge in [-0.1, -0.05) is 61.3 Å². The van der Waals surface area contributed by atoms with Crippen molar-refractivity contribution in [1.82, 2.24) is 14.6 Å². The van der Waals surface area contributed by atoms with Crippen molar-refractivity contribution in [2.45, 2.75) is 26.7 Å². The van der Waals surface area contributed by atoms with Crippen LogP contribution in [0.1, 0.15) is 24.7 Å². The molecule has 2 aromatic carbocycles. The van der Waals surface area contributed by atoms with Gasteiger partial charge in [0, 0.05) is 28.0 Å². The van der Waals surface area contributed by atoms with E-state index < -0.39 is 0 Å². The fourth-order valence-electron chi connectivity index (χ4n) is 3.30. The zero-order valence-electron chi connectivity index (χ0n) is 15.4. The summed E-state index contributed by atoms with van der Waals surface area (Å²) in [7, 11) is 0. The normalized spacial score (nSPS) is 11.1. The lowest BCUT2D eigenvalue weighted by Crippen LogP contribution is -2.04. The second kappa shape index (κ2) is 7.41. The lowest BCUT2D eigenvalue weighted by Gasteiger charge is -2.11. The molecule has 0 saturated carbocycles. The highest BCUT2D eigenvalue weighted by molar-refractivity contribution is 6.30. The minimum absolute atomic E-state index is 0.695. The molecule has 0 saturated heterocycles. The van der Waals surface area contributed by atoms with Gasteiger partial charge in [0.1, 0.15) is 5.82 Å². The quantitative estimate of drug-likeness (QED) is 0.460. The molecule has 4 rings (SSSR count). The second-order valence-electron chi connectivity index (χ2n) is 6.58. The summed E-state index contributed by atoms with van der Waals surface area (Å²) in [5.74, 6) is 0.885. The number of hydrogen-bond acceptors (Lipinski definition) is 3. The summed E-state index contributed by atoms with van der Waals surface area (Å²) < 4.78 is 1.89. The first-order valence-corrected chi connectivity index (χ1v) is 9.51. The van der Waals surface area contributed by atoms with E-state index in [2.05, 4.69) is 30.4 Å². The fraction of sp³-hybridized carbons (Fsp3) is 0.182. The summed E-state index contributed by atoms with van der Waals surface area (Å²) in [6.45, 7) is 4.19. The Hall–Kier alpha value is -2.85. The molecule has 0 bridgehead atoms. The number of aromatic nitrogens is 3. The van der Waals surface area contributed by atoms with Crippen LogP contribution < -0.4 is 5.32 Å². The van der Waals surface area contributed by atoms with Gasteiger partial charge >= 0.3 is 0 Å². The topological polar surface area (TPSA) is 42.2 Å². The van der Waals surface area contributed by atoms with E-state index in [0.717, 1.165) is 52.5 Å². The summed E-state index contributed by atoms with van der Waals surface area (Å²) in [4.78, 5) is 4.92. The van der Waals surface area contributed by atoms with Gasteiger partial charge in [0.15, 0.2) is 5.65 Å². The van der Waals surface area contributed by atoms with Crippen LogP contribution in [0.3, 0.4) is 0 Å². The predicted octanol–water partition coefficient (Wildman–Crippen LogP) is 6.05. The molecular formula is C22H21ClN4. The highest BCUT2D eigenvalue weighted by Crippen LogP contribution is 2.30. The molecule has 0 aliphatic heterocycles. The zero-order chi connectivity index (χ0) is 18.8. The molecule has 0 aliphatic rings. The molecule has 2 heterocycles. The summed E-state index contributed by atoms with van der Waals surface area (Å²) in [6, 6.07) is 20.1. The first-order valence-electron chi connectivity index (χ1n) is 9.13. The smallest absolute Gasteiger partial charge is 0.165 e. The van der Waals surface area contributed by atoms with Crippen molar-refractivity contribution in [2.75, 3.05) is 5.32 Å². The number of anilines is 2. The van der Waals surface area contributed by atoms with Crippen LogP contribution >= 0.6 is 11.6 Å². The third-order valence-corrected chi connectivity index (χ3v) is 4.72.